The third-order valence-corrected chi connectivity index (χ3v) is 5.47. The second kappa shape index (κ2) is 9.24. The van der Waals surface area contributed by atoms with E-state index in [0.29, 0.717) is 28.5 Å². The molecule has 2 aromatic carbocycles. The number of aliphatic hydroxyl groups is 1. The number of aliphatic hydroxyl groups excluding tert-OH is 1. The highest BCUT2D eigenvalue weighted by atomic mass is 35.5. The number of carbonyl (C=O) groups excluding carboxylic acids is 2. The van der Waals surface area contributed by atoms with Gasteiger partial charge in [-0.1, -0.05) is 29.8 Å². The Morgan fingerprint density at radius 3 is 2.59 bits per heavy atom. The summed E-state index contributed by atoms with van der Waals surface area (Å²) < 4.78 is 5.62. The number of nitrogens with zero attached hydrogens (tertiary/aromatic N) is 2. The Balaban J connectivity index is 1.86. The van der Waals surface area contributed by atoms with E-state index in [2.05, 4.69) is 4.98 Å². The lowest BCUT2D eigenvalue weighted by Crippen LogP contribution is -2.29. The van der Waals surface area contributed by atoms with Crippen LogP contribution >= 0.6 is 11.6 Å². The van der Waals surface area contributed by atoms with Gasteiger partial charge in [0, 0.05) is 29.5 Å². The van der Waals surface area contributed by atoms with Crippen molar-refractivity contribution in [2.75, 3.05) is 6.61 Å². The van der Waals surface area contributed by atoms with Gasteiger partial charge in [-0.25, -0.2) is 0 Å². The van der Waals surface area contributed by atoms with Gasteiger partial charge in [0.15, 0.2) is 0 Å². The number of likely N-dealkylation sites (tertiary alicyclic amines) is 1. The minimum absolute atomic E-state index is 0.0230. The lowest BCUT2D eigenvalue weighted by Gasteiger charge is -2.25. The smallest absolute Gasteiger partial charge is 0.295 e. The lowest BCUT2D eigenvalue weighted by atomic mass is 9.95. The van der Waals surface area contributed by atoms with Crippen molar-refractivity contribution in [2.24, 2.45) is 0 Å². The number of amides is 1. The van der Waals surface area contributed by atoms with Crippen molar-refractivity contribution >= 4 is 29.1 Å². The van der Waals surface area contributed by atoms with Gasteiger partial charge in [0.2, 0.25) is 0 Å². The number of halogens is 1. The van der Waals surface area contributed by atoms with Crippen molar-refractivity contribution < 1.29 is 19.4 Å². The van der Waals surface area contributed by atoms with Gasteiger partial charge in [0.05, 0.1) is 18.2 Å². The Bertz CT molecular complexity index is 1180. The molecule has 1 aromatic heterocycles. The zero-order valence-electron chi connectivity index (χ0n) is 17.4. The van der Waals surface area contributed by atoms with E-state index in [1.54, 1.807) is 60.9 Å². The first-order chi connectivity index (χ1) is 15.5. The maximum atomic E-state index is 13.1. The molecule has 1 saturated heterocycles. The fraction of sp³-hybridized carbons (Fsp3) is 0.160. The summed E-state index contributed by atoms with van der Waals surface area (Å²) in [5.41, 5.74) is 1.86. The monoisotopic (exact) mass is 448 g/mol. The number of aromatic nitrogens is 1. The van der Waals surface area contributed by atoms with Crippen molar-refractivity contribution in [3.8, 4) is 5.75 Å². The zero-order chi connectivity index (χ0) is 22.7. The van der Waals surface area contributed by atoms with Crippen LogP contribution in [-0.2, 0) is 16.1 Å². The molecule has 0 bridgehead atoms. The van der Waals surface area contributed by atoms with Crippen molar-refractivity contribution in [1.82, 2.24) is 9.88 Å². The van der Waals surface area contributed by atoms with E-state index >= 15 is 0 Å². The maximum absolute atomic E-state index is 13.1. The topological polar surface area (TPSA) is 79.7 Å². The van der Waals surface area contributed by atoms with E-state index in [1.165, 1.54) is 4.90 Å². The molecule has 1 fully saturated rings. The molecule has 162 valence electrons. The minimum Gasteiger partial charge on any atom is -0.507 e. The second-order valence-corrected chi connectivity index (χ2v) is 7.74. The van der Waals surface area contributed by atoms with Crippen LogP contribution in [0.5, 0.6) is 5.75 Å². The Morgan fingerprint density at radius 2 is 1.91 bits per heavy atom. The summed E-state index contributed by atoms with van der Waals surface area (Å²) in [6, 6.07) is 16.5. The average molecular weight is 449 g/mol. The number of Topliss-reactive ketones (excluding diaryl/α,β-unsaturated/α-hetero) is 1. The molecule has 1 aliphatic rings. The van der Waals surface area contributed by atoms with Gasteiger partial charge in [0.25, 0.3) is 11.7 Å². The molecule has 0 spiro atoms. The molecule has 32 heavy (non-hydrogen) atoms. The van der Waals surface area contributed by atoms with E-state index in [1.807, 2.05) is 19.1 Å². The van der Waals surface area contributed by atoms with Crippen LogP contribution in [0.15, 0.2) is 78.6 Å². The van der Waals surface area contributed by atoms with Crippen LogP contribution in [0.4, 0.5) is 0 Å². The van der Waals surface area contributed by atoms with Crippen LogP contribution in [0.2, 0.25) is 5.02 Å². The van der Waals surface area contributed by atoms with Gasteiger partial charge in [-0.3, -0.25) is 14.6 Å². The number of pyridine rings is 1. The first-order valence-electron chi connectivity index (χ1n) is 10.2. The minimum atomic E-state index is -0.786. The Labute approximate surface area is 190 Å². The predicted molar refractivity (Wildman–Crippen MR) is 121 cm³/mol. The van der Waals surface area contributed by atoms with Crippen LogP contribution in [0.25, 0.3) is 5.76 Å². The highest BCUT2D eigenvalue weighted by Gasteiger charge is 2.46. The normalized spacial score (nSPS) is 17.6. The van der Waals surface area contributed by atoms with Gasteiger partial charge in [-0.05, 0) is 60.5 Å². The fourth-order valence-electron chi connectivity index (χ4n) is 3.78. The average Bonchev–Trinajstić information content (AvgIpc) is 3.05. The van der Waals surface area contributed by atoms with E-state index < -0.39 is 17.7 Å². The first-order valence-corrected chi connectivity index (χ1v) is 10.5. The number of ether oxygens (including phenoxy) is 1. The summed E-state index contributed by atoms with van der Waals surface area (Å²) in [4.78, 5) is 31.7. The number of ketones is 1. The SMILES string of the molecule is CCOc1cccc(C2/C(=C(\O)c3ccc(Cl)cc3)C(=O)C(=O)N2Cc2cccnc2)c1. The van der Waals surface area contributed by atoms with E-state index in [0.717, 1.165) is 5.56 Å². The predicted octanol–water partition coefficient (Wildman–Crippen LogP) is 4.76. The molecule has 6 nitrogen and oxygen atoms in total. The first kappa shape index (κ1) is 21.6. The largest absolute Gasteiger partial charge is 0.507 e. The number of rotatable bonds is 6. The van der Waals surface area contributed by atoms with E-state index in [9.17, 15) is 14.7 Å². The molecule has 7 heteroatoms. The lowest BCUT2D eigenvalue weighted by molar-refractivity contribution is -0.140. The molecule has 1 atom stereocenters. The van der Waals surface area contributed by atoms with Crippen LogP contribution in [-0.4, -0.2) is 33.3 Å². The molecular formula is C25H21ClN2O4. The number of benzene rings is 2. The summed E-state index contributed by atoms with van der Waals surface area (Å²) in [7, 11) is 0. The molecule has 0 saturated carbocycles. The third kappa shape index (κ3) is 4.22. The number of hydrogen-bond acceptors (Lipinski definition) is 5. The zero-order valence-corrected chi connectivity index (χ0v) is 18.1. The Kier molecular flexibility index (Phi) is 6.23. The fourth-order valence-corrected chi connectivity index (χ4v) is 3.91. The van der Waals surface area contributed by atoms with Crippen LogP contribution in [0.1, 0.15) is 29.7 Å². The van der Waals surface area contributed by atoms with Crippen LogP contribution in [0.3, 0.4) is 0 Å². The van der Waals surface area contributed by atoms with Gasteiger partial charge in [-0.15, -0.1) is 0 Å². The van der Waals surface area contributed by atoms with Crippen molar-refractivity contribution in [3.05, 3.63) is 100 Å². The van der Waals surface area contributed by atoms with E-state index in [-0.39, 0.29) is 17.9 Å². The highest BCUT2D eigenvalue weighted by molar-refractivity contribution is 6.46. The molecule has 3 aromatic rings. The Morgan fingerprint density at radius 1 is 1.12 bits per heavy atom. The molecule has 1 amide bonds. The Hall–Kier alpha value is -3.64. The summed E-state index contributed by atoms with van der Waals surface area (Å²) in [6.07, 6.45) is 3.29. The van der Waals surface area contributed by atoms with Crippen LogP contribution < -0.4 is 4.74 Å². The quantitative estimate of drug-likeness (QED) is 0.334. The number of hydrogen-bond donors (Lipinski definition) is 1. The van der Waals surface area contributed by atoms with Gasteiger partial charge in [-0.2, -0.15) is 0 Å². The molecule has 1 unspecified atom stereocenters. The second-order valence-electron chi connectivity index (χ2n) is 7.30. The van der Waals surface area contributed by atoms with Gasteiger partial charge in [0.1, 0.15) is 11.5 Å². The van der Waals surface area contributed by atoms with Crippen molar-refractivity contribution in [1.29, 1.82) is 0 Å². The molecule has 1 aliphatic heterocycles. The summed E-state index contributed by atoms with van der Waals surface area (Å²) in [5.74, 6) is -1.06. The van der Waals surface area contributed by atoms with Crippen LogP contribution in [0, 0.1) is 0 Å². The highest BCUT2D eigenvalue weighted by Crippen LogP contribution is 2.41. The number of carbonyl (C=O) groups is 2. The standard InChI is InChI=1S/C25H21ClN2O4/c1-2-32-20-7-3-6-18(13-20)22-21(23(29)17-8-10-19(26)11-9-17)24(30)25(31)28(22)15-16-5-4-12-27-14-16/h3-14,22,29H,2,15H2,1H3/b23-21+. The van der Waals surface area contributed by atoms with Gasteiger partial charge >= 0.3 is 0 Å². The summed E-state index contributed by atoms with van der Waals surface area (Å²) in [5, 5.41) is 11.6. The molecule has 0 aliphatic carbocycles. The summed E-state index contributed by atoms with van der Waals surface area (Å²) in [6.45, 7) is 2.52. The molecule has 4 rings (SSSR count). The van der Waals surface area contributed by atoms with Crippen molar-refractivity contribution in [2.45, 2.75) is 19.5 Å². The van der Waals surface area contributed by atoms with Crippen molar-refractivity contribution in [3.63, 3.8) is 0 Å². The molecule has 1 N–H and O–H groups in total. The molecule has 2 heterocycles. The van der Waals surface area contributed by atoms with E-state index in [4.69, 9.17) is 16.3 Å². The molecular weight excluding hydrogens is 428 g/mol. The third-order valence-electron chi connectivity index (χ3n) is 5.22. The molecule has 0 radical (unpaired) electrons. The maximum Gasteiger partial charge on any atom is 0.295 e. The van der Waals surface area contributed by atoms with Gasteiger partial charge < -0.3 is 14.7 Å². The summed E-state index contributed by atoms with van der Waals surface area (Å²) >= 11 is 5.97.